The van der Waals surface area contributed by atoms with Crippen LogP contribution in [0, 0.1) is 17.5 Å². The Morgan fingerprint density at radius 2 is 1.68 bits per heavy atom. The Kier molecular flexibility index (Phi) is 4.04. The van der Waals surface area contributed by atoms with Crippen LogP contribution in [0.5, 0.6) is 0 Å². The Morgan fingerprint density at radius 3 is 2.32 bits per heavy atom. The zero-order valence-corrected chi connectivity index (χ0v) is 11.2. The zero-order chi connectivity index (χ0) is 14.0. The van der Waals surface area contributed by atoms with Gasteiger partial charge in [0, 0.05) is 10.9 Å². The number of carbonyl (C=O) groups is 1. The van der Waals surface area contributed by atoms with E-state index >= 15 is 0 Å². The minimum atomic E-state index is -0.919. The van der Waals surface area contributed by atoms with Crippen LogP contribution in [0.3, 0.4) is 0 Å². The molecule has 0 radical (unpaired) electrons. The molecular weight excluding hydrogens is 321 g/mol. The maximum Gasteiger partial charge on any atom is 0.173 e. The molecule has 2 rings (SSSR count). The van der Waals surface area contributed by atoms with E-state index in [0.29, 0.717) is 10.0 Å². The highest BCUT2D eigenvalue weighted by Gasteiger charge is 2.18. The number of ketones is 1. The van der Waals surface area contributed by atoms with Gasteiger partial charge in [-0.2, -0.15) is 0 Å². The highest BCUT2D eigenvalue weighted by Crippen LogP contribution is 2.21. The lowest BCUT2D eigenvalue weighted by atomic mass is 10.0. The third-order valence-corrected chi connectivity index (χ3v) is 3.37. The largest absolute Gasteiger partial charge is 0.294 e. The average Bonchev–Trinajstić information content (AvgIpc) is 2.33. The molecule has 0 aliphatic rings. The fourth-order valence-corrected chi connectivity index (χ4v) is 2.09. The van der Waals surface area contributed by atoms with E-state index in [4.69, 9.17) is 0 Å². The number of benzene rings is 2. The van der Waals surface area contributed by atoms with Crippen LogP contribution >= 0.6 is 15.9 Å². The standard InChI is InChI=1S/C14H8BrF3O/c15-10-5-4-9(16)6-8(10)7-13(19)14-11(17)2-1-3-12(14)18/h1-6H,7H2. The van der Waals surface area contributed by atoms with Gasteiger partial charge in [-0.15, -0.1) is 0 Å². The second-order valence-electron chi connectivity index (χ2n) is 3.93. The van der Waals surface area contributed by atoms with E-state index in [2.05, 4.69) is 15.9 Å². The average molecular weight is 329 g/mol. The normalized spacial score (nSPS) is 10.5. The molecule has 2 aromatic rings. The van der Waals surface area contributed by atoms with Gasteiger partial charge in [0.25, 0.3) is 0 Å². The molecule has 0 saturated heterocycles. The first-order valence-electron chi connectivity index (χ1n) is 5.40. The van der Waals surface area contributed by atoms with Crippen LogP contribution in [0.15, 0.2) is 40.9 Å². The summed E-state index contributed by atoms with van der Waals surface area (Å²) in [6.07, 6.45) is -0.282. The fourth-order valence-electron chi connectivity index (χ4n) is 1.70. The van der Waals surface area contributed by atoms with Crippen LogP contribution in [0.1, 0.15) is 15.9 Å². The van der Waals surface area contributed by atoms with Crippen molar-refractivity contribution in [3.05, 3.63) is 69.4 Å². The van der Waals surface area contributed by atoms with Crippen LogP contribution in [0.2, 0.25) is 0 Å². The quantitative estimate of drug-likeness (QED) is 0.768. The molecule has 98 valence electrons. The summed E-state index contributed by atoms with van der Waals surface area (Å²) in [6, 6.07) is 7.02. The molecule has 0 aliphatic carbocycles. The molecule has 0 aliphatic heterocycles. The molecule has 0 fully saturated rings. The van der Waals surface area contributed by atoms with Crippen molar-refractivity contribution in [3.63, 3.8) is 0 Å². The Labute approximate surface area is 116 Å². The van der Waals surface area contributed by atoms with Crippen LogP contribution < -0.4 is 0 Å². The van der Waals surface area contributed by atoms with Crippen molar-refractivity contribution in [2.45, 2.75) is 6.42 Å². The fraction of sp³-hybridized carbons (Fsp3) is 0.0714. The molecular formula is C14H8BrF3O. The summed E-state index contributed by atoms with van der Waals surface area (Å²) in [6.45, 7) is 0. The lowest BCUT2D eigenvalue weighted by molar-refractivity contribution is 0.0984. The second-order valence-corrected chi connectivity index (χ2v) is 4.79. The molecule has 5 heteroatoms. The topological polar surface area (TPSA) is 17.1 Å². The minimum Gasteiger partial charge on any atom is -0.294 e. The van der Waals surface area contributed by atoms with Crippen molar-refractivity contribution in [2.24, 2.45) is 0 Å². The smallest absolute Gasteiger partial charge is 0.173 e. The summed E-state index contributed by atoms with van der Waals surface area (Å²) in [5, 5.41) is 0. The molecule has 0 unspecified atom stereocenters. The maximum atomic E-state index is 13.4. The predicted molar refractivity (Wildman–Crippen MR) is 68.5 cm³/mol. The second kappa shape index (κ2) is 5.57. The lowest BCUT2D eigenvalue weighted by Gasteiger charge is -2.06. The Bertz CT molecular complexity index is 620. The lowest BCUT2D eigenvalue weighted by Crippen LogP contribution is -2.09. The number of carbonyl (C=O) groups excluding carboxylic acids is 1. The van der Waals surface area contributed by atoms with E-state index in [1.807, 2.05) is 0 Å². The van der Waals surface area contributed by atoms with Gasteiger partial charge in [-0.1, -0.05) is 22.0 Å². The van der Waals surface area contributed by atoms with Crippen LogP contribution in [0.4, 0.5) is 13.2 Å². The summed E-state index contributed by atoms with van der Waals surface area (Å²) < 4.78 is 40.5. The van der Waals surface area contributed by atoms with Gasteiger partial charge in [0.2, 0.25) is 0 Å². The van der Waals surface area contributed by atoms with E-state index in [-0.39, 0.29) is 6.42 Å². The zero-order valence-electron chi connectivity index (χ0n) is 9.59. The van der Waals surface area contributed by atoms with Crippen molar-refractivity contribution in [1.82, 2.24) is 0 Å². The van der Waals surface area contributed by atoms with Gasteiger partial charge in [-0.3, -0.25) is 4.79 Å². The van der Waals surface area contributed by atoms with E-state index in [1.165, 1.54) is 18.2 Å². The van der Waals surface area contributed by atoms with E-state index in [1.54, 1.807) is 0 Å². The molecule has 2 aromatic carbocycles. The molecule has 0 spiro atoms. The van der Waals surface area contributed by atoms with Crippen molar-refractivity contribution in [2.75, 3.05) is 0 Å². The molecule has 1 nitrogen and oxygen atoms in total. The first-order chi connectivity index (χ1) is 8.99. The summed E-state index contributed by atoms with van der Waals surface area (Å²) in [5.74, 6) is -3.09. The third kappa shape index (κ3) is 3.04. The van der Waals surface area contributed by atoms with E-state index < -0.39 is 28.8 Å². The van der Waals surface area contributed by atoms with Crippen LogP contribution in [-0.4, -0.2) is 5.78 Å². The van der Waals surface area contributed by atoms with Gasteiger partial charge in [0.1, 0.15) is 17.5 Å². The first kappa shape index (κ1) is 13.8. The summed E-state index contributed by atoms with van der Waals surface area (Å²) in [4.78, 5) is 11.9. The van der Waals surface area contributed by atoms with Gasteiger partial charge < -0.3 is 0 Å². The van der Waals surface area contributed by atoms with E-state index in [0.717, 1.165) is 18.2 Å². The number of hydrogen-bond acceptors (Lipinski definition) is 1. The van der Waals surface area contributed by atoms with Crippen LogP contribution in [0.25, 0.3) is 0 Å². The van der Waals surface area contributed by atoms with Crippen molar-refractivity contribution in [1.29, 1.82) is 0 Å². The molecule has 0 heterocycles. The number of hydrogen-bond donors (Lipinski definition) is 0. The Morgan fingerprint density at radius 1 is 1.05 bits per heavy atom. The highest BCUT2D eigenvalue weighted by molar-refractivity contribution is 9.10. The predicted octanol–water partition coefficient (Wildman–Crippen LogP) is 4.29. The third-order valence-electron chi connectivity index (χ3n) is 2.60. The summed E-state index contributed by atoms with van der Waals surface area (Å²) in [7, 11) is 0. The van der Waals surface area contributed by atoms with Gasteiger partial charge in [-0.05, 0) is 35.9 Å². The van der Waals surface area contributed by atoms with Gasteiger partial charge in [0.15, 0.2) is 5.78 Å². The molecule has 0 bridgehead atoms. The number of Topliss-reactive ketones (excluding diaryl/α,β-unsaturated/α-hetero) is 1. The molecule has 0 aromatic heterocycles. The first-order valence-corrected chi connectivity index (χ1v) is 6.19. The van der Waals surface area contributed by atoms with Gasteiger partial charge in [-0.25, -0.2) is 13.2 Å². The van der Waals surface area contributed by atoms with Crippen LogP contribution in [-0.2, 0) is 6.42 Å². The molecule has 0 saturated carbocycles. The molecule has 0 amide bonds. The molecule has 19 heavy (non-hydrogen) atoms. The molecule has 0 N–H and O–H groups in total. The monoisotopic (exact) mass is 328 g/mol. The van der Waals surface area contributed by atoms with Gasteiger partial charge >= 0.3 is 0 Å². The summed E-state index contributed by atoms with van der Waals surface area (Å²) in [5.41, 5.74) is -0.258. The summed E-state index contributed by atoms with van der Waals surface area (Å²) >= 11 is 3.16. The highest BCUT2D eigenvalue weighted by atomic mass is 79.9. The van der Waals surface area contributed by atoms with Crippen molar-refractivity contribution < 1.29 is 18.0 Å². The minimum absolute atomic E-state index is 0.282. The maximum absolute atomic E-state index is 13.4. The Balaban J connectivity index is 2.34. The van der Waals surface area contributed by atoms with Gasteiger partial charge in [0.05, 0.1) is 5.56 Å². The van der Waals surface area contributed by atoms with Crippen molar-refractivity contribution in [3.8, 4) is 0 Å². The number of rotatable bonds is 3. The SMILES string of the molecule is O=C(Cc1cc(F)ccc1Br)c1c(F)cccc1F. The van der Waals surface area contributed by atoms with Crippen molar-refractivity contribution >= 4 is 21.7 Å². The Hall–Kier alpha value is -1.62. The molecule has 0 atom stereocenters. The van der Waals surface area contributed by atoms with E-state index in [9.17, 15) is 18.0 Å². The number of halogens is 4.